The molecule has 0 aliphatic heterocycles. The molecular formula is C12H14N2O2S. The lowest BCUT2D eigenvalue weighted by atomic mass is 10.1. The summed E-state index contributed by atoms with van der Waals surface area (Å²) >= 11 is 0. The quantitative estimate of drug-likeness (QED) is 0.888. The van der Waals surface area contributed by atoms with E-state index < -0.39 is 9.84 Å². The van der Waals surface area contributed by atoms with E-state index in [1.165, 1.54) is 12.3 Å². The van der Waals surface area contributed by atoms with Gasteiger partial charge in [-0.2, -0.15) is 5.10 Å². The summed E-state index contributed by atoms with van der Waals surface area (Å²) in [5.74, 6) is 0. The SMILES string of the molecule is Cc1cc(C)c(S(=O)(=O)c2ccn[nH]2)c(C)c1. The molecule has 1 aromatic carbocycles. The largest absolute Gasteiger partial charge is 0.267 e. The van der Waals surface area contributed by atoms with Crippen LogP contribution in [0.2, 0.25) is 0 Å². The summed E-state index contributed by atoms with van der Waals surface area (Å²) in [7, 11) is -3.49. The van der Waals surface area contributed by atoms with Crippen molar-refractivity contribution in [2.75, 3.05) is 0 Å². The van der Waals surface area contributed by atoms with Crippen molar-refractivity contribution in [1.82, 2.24) is 10.2 Å². The minimum Gasteiger partial charge on any atom is -0.267 e. The second-order valence-corrected chi connectivity index (χ2v) is 6.01. The Morgan fingerprint density at radius 3 is 2.18 bits per heavy atom. The molecular weight excluding hydrogens is 236 g/mol. The van der Waals surface area contributed by atoms with Crippen molar-refractivity contribution in [3.63, 3.8) is 0 Å². The molecule has 5 heteroatoms. The average molecular weight is 250 g/mol. The third kappa shape index (κ3) is 1.98. The van der Waals surface area contributed by atoms with Crippen molar-refractivity contribution in [1.29, 1.82) is 0 Å². The molecule has 0 aliphatic rings. The predicted octanol–water partition coefficient (Wildman–Crippen LogP) is 2.17. The summed E-state index contributed by atoms with van der Waals surface area (Å²) < 4.78 is 24.8. The number of sulfone groups is 1. The summed E-state index contributed by atoms with van der Waals surface area (Å²) in [4.78, 5) is 0.368. The van der Waals surface area contributed by atoms with Crippen LogP contribution in [-0.4, -0.2) is 18.6 Å². The van der Waals surface area contributed by atoms with Crippen LogP contribution in [0.1, 0.15) is 16.7 Å². The van der Waals surface area contributed by atoms with Crippen LogP contribution >= 0.6 is 0 Å². The van der Waals surface area contributed by atoms with Gasteiger partial charge in [-0.3, -0.25) is 5.10 Å². The molecule has 1 aromatic heterocycles. The fourth-order valence-electron chi connectivity index (χ4n) is 2.09. The first-order chi connectivity index (χ1) is 7.93. The van der Waals surface area contributed by atoms with Crippen LogP contribution in [0.4, 0.5) is 0 Å². The lowest BCUT2D eigenvalue weighted by Crippen LogP contribution is -2.07. The molecule has 0 fully saturated rings. The molecule has 1 N–H and O–H groups in total. The van der Waals surface area contributed by atoms with Gasteiger partial charge in [-0.05, 0) is 38.0 Å². The number of aromatic amines is 1. The van der Waals surface area contributed by atoms with Crippen molar-refractivity contribution >= 4 is 9.84 Å². The minimum absolute atomic E-state index is 0.132. The Morgan fingerprint density at radius 2 is 1.71 bits per heavy atom. The van der Waals surface area contributed by atoms with E-state index in [4.69, 9.17) is 0 Å². The van der Waals surface area contributed by atoms with Gasteiger partial charge in [0, 0.05) is 0 Å². The van der Waals surface area contributed by atoms with Gasteiger partial charge in [0.05, 0.1) is 11.1 Å². The fourth-order valence-corrected chi connectivity index (χ4v) is 3.69. The fraction of sp³-hybridized carbons (Fsp3) is 0.250. The van der Waals surface area contributed by atoms with E-state index in [1.54, 1.807) is 0 Å². The summed E-state index contributed by atoms with van der Waals surface area (Å²) in [5, 5.41) is 6.33. The molecule has 90 valence electrons. The van der Waals surface area contributed by atoms with Crippen molar-refractivity contribution in [3.05, 3.63) is 41.1 Å². The molecule has 4 nitrogen and oxygen atoms in total. The Bertz CT molecular complexity index is 620. The normalized spacial score (nSPS) is 11.7. The third-order valence-corrected chi connectivity index (χ3v) is 4.63. The van der Waals surface area contributed by atoms with Gasteiger partial charge >= 0.3 is 0 Å². The van der Waals surface area contributed by atoms with Gasteiger partial charge in [0.25, 0.3) is 0 Å². The van der Waals surface area contributed by atoms with E-state index in [0.29, 0.717) is 4.90 Å². The topological polar surface area (TPSA) is 62.8 Å². The summed E-state index contributed by atoms with van der Waals surface area (Å²) in [6.07, 6.45) is 1.44. The second-order valence-electron chi connectivity index (χ2n) is 4.15. The van der Waals surface area contributed by atoms with Crippen LogP contribution in [0.25, 0.3) is 0 Å². The Kier molecular flexibility index (Phi) is 2.79. The van der Waals surface area contributed by atoms with Gasteiger partial charge in [-0.25, -0.2) is 8.42 Å². The molecule has 0 bridgehead atoms. The molecule has 0 unspecified atom stereocenters. The van der Waals surface area contributed by atoms with Crippen LogP contribution in [0.5, 0.6) is 0 Å². The average Bonchev–Trinajstić information content (AvgIpc) is 2.67. The van der Waals surface area contributed by atoms with E-state index >= 15 is 0 Å². The molecule has 0 saturated carbocycles. The molecule has 1 heterocycles. The number of nitrogens with zero attached hydrogens (tertiary/aromatic N) is 1. The van der Waals surface area contributed by atoms with E-state index in [2.05, 4.69) is 10.2 Å². The molecule has 0 amide bonds. The number of hydrogen-bond acceptors (Lipinski definition) is 3. The van der Waals surface area contributed by atoms with Gasteiger partial charge in [0.1, 0.15) is 0 Å². The molecule has 17 heavy (non-hydrogen) atoms. The van der Waals surface area contributed by atoms with Crippen LogP contribution in [0.15, 0.2) is 34.3 Å². The summed E-state index contributed by atoms with van der Waals surface area (Å²) in [6, 6.07) is 5.21. The van der Waals surface area contributed by atoms with Crippen molar-refractivity contribution < 1.29 is 8.42 Å². The Hall–Kier alpha value is -1.62. The van der Waals surface area contributed by atoms with Crippen molar-refractivity contribution in [2.24, 2.45) is 0 Å². The highest BCUT2D eigenvalue weighted by Crippen LogP contribution is 2.26. The molecule has 2 aromatic rings. The predicted molar refractivity (Wildman–Crippen MR) is 64.7 cm³/mol. The number of nitrogens with one attached hydrogen (secondary N) is 1. The Labute approximate surface area is 101 Å². The molecule has 0 aliphatic carbocycles. The Balaban J connectivity index is 2.71. The second kappa shape index (κ2) is 4.00. The molecule has 0 atom stereocenters. The molecule has 0 radical (unpaired) electrons. The first kappa shape index (κ1) is 11.9. The van der Waals surface area contributed by atoms with Gasteiger partial charge in [0.2, 0.25) is 9.84 Å². The number of benzene rings is 1. The number of H-pyrrole nitrogens is 1. The monoisotopic (exact) mass is 250 g/mol. The Morgan fingerprint density at radius 1 is 1.12 bits per heavy atom. The third-order valence-electron chi connectivity index (χ3n) is 2.64. The zero-order valence-corrected chi connectivity index (χ0v) is 10.8. The van der Waals surface area contributed by atoms with Crippen molar-refractivity contribution in [2.45, 2.75) is 30.7 Å². The smallest absolute Gasteiger partial charge is 0.223 e. The maximum absolute atomic E-state index is 12.4. The molecule has 2 rings (SSSR count). The highest BCUT2D eigenvalue weighted by atomic mass is 32.2. The maximum atomic E-state index is 12.4. The number of hydrogen-bond donors (Lipinski definition) is 1. The van der Waals surface area contributed by atoms with E-state index in [1.807, 2.05) is 32.9 Å². The summed E-state index contributed by atoms with van der Waals surface area (Å²) in [6.45, 7) is 5.57. The van der Waals surface area contributed by atoms with Crippen LogP contribution in [0.3, 0.4) is 0 Å². The van der Waals surface area contributed by atoms with Gasteiger partial charge in [-0.1, -0.05) is 17.7 Å². The van der Waals surface area contributed by atoms with Crippen LogP contribution in [-0.2, 0) is 9.84 Å². The first-order valence-electron chi connectivity index (χ1n) is 5.25. The zero-order chi connectivity index (χ0) is 12.6. The number of aromatic nitrogens is 2. The van der Waals surface area contributed by atoms with Gasteiger partial charge in [-0.15, -0.1) is 0 Å². The van der Waals surface area contributed by atoms with Crippen LogP contribution < -0.4 is 0 Å². The highest BCUT2D eigenvalue weighted by molar-refractivity contribution is 7.91. The van der Waals surface area contributed by atoms with Gasteiger partial charge in [0.15, 0.2) is 5.03 Å². The van der Waals surface area contributed by atoms with Crippen LogP contribution in [0, 0.1) is 20.8 Å². The number of aryl methyl sites for hydroxylation is 3. The van der Waals surface area contributed by atoms with E-state index in [-0.39, 0.29) is 5.03 Å². The lowest BCUT2D eigenvalue weighted by Gasteiger charge is -2.10. The zero-order valence-electron chi connectivity index (χ0n) is 9.98. The highest BCUT2D eigenvalue weighted by Gasteiger charge is 2.23. The van der Waals surface area contributed by atoms with E-state index in [0.717, 1.165) is 16.7 Å². The minimum atomic E-state index is -3.49. The standard InChI is InChI=1S/C12H14N2O2S/c1-8-6-9(2)12(10(3)7-8)17(15,16)11-4-5-13-14-11/h4-7H,1-3H3,(H,13,14). The molecule has 0 spiro atoms. The summed E-state index contributed by atoms with van der Waals surface area (Å²) in [5.41, 5.74) is 2.58. The van der Waals surface area contributed by atoms with Crippen molar-refractivity contribution in [3.8, 4) is 0 Å². The van der Waals surface area contributed by atoms with Gasteiger partial charge < -0.3 is 0 Å². The molecule has 0 saturated heterocycles. The maximum Gasteiger partial charge on any atom is 0.223 e. The number of rotatable bonds is 2. The first-order valence-corrected chi connectivity index (χ1v) is 6.73. The lowest BCUT2D eigenvalue weighted by molar-refractivity contribution is 0.590. The van der Waals surface area contributed by atoms with E-state index in [9.17, 15) is 8.42 Å².